The van der Waals surface area contributed by atoms with E-state index in [-0.39, 0.29) is 4.90 Å². The molecular formula is C13H11N5O2S. The molecule has 8 heteroatoms. The van der Waals surface area contributed by atoms with Gasteiger partial charge in [0.1, 0.15) is 6.33 Å². The fourth-order valence-electron chi connectivity index (χ4n) is 2.10. The first-order chi connectivity index (χ1) is 10.1. The molecule has 0 saturated heterocycles. The van der Waals surface area contributed by atoms with Crippen molar-refractivity contribution in [3.8, 4) is 22.5 Å². The zero-order valence-electron chi connectivity index (χ0n) is 10.8. The second-order valence-electron chi connectivity index (χ2n) is 4.30. The van der Waals surface area contributed by atoms with Gasteiger partial charge in [-0.25, -0.2) is 18.5 Å². The number of nitrogens with two attached hydrogens (primary N) is 1. The van der Waals surface area contributed by atoms with Gasteiger partial charge in [0.25, 0.3) is 0 Å². The van der Waals surface area contributed by atoms with E-state index in [2.05, 4.69) is 20.2 Å². The maximum atomic E-state index is 11.8. The van der Waals surface area contributed by atoms with Gasteiger partial charge in [-0.05, 0) is 17.7 Å². The summed E-state index contributed by atoms with van der Waals surface area (Å²) in [5, 5.41) is 11.7. The average molecular weight is 301 g/mol. The number of hydrogen-bond donors (Lipinski definition) is 2. The second kappa shape index (κ2) is 5.08. The van der Waals surface area contributed by atoms with Crippen molar-refractivity contribution in [3.05, 3.63) is 49.1 Å². The summed E-state index contributed by atoms with van der Waals surface area (Å²) in [4.78, 5) is 8.07. The minimum absolute atomic E-state index is 0.0133. The molecule has 7 nitrogen and oxygen atoms in total. The van der Waals surface area contributed by atoms with Crippen LogP contribution >= 0.6 is 0 Å². The Morgan fingerprint density at radius 3 is 2.62 bits per heavy atom. The van der Waals surface area contributed by atoms with Crippen molar-refractivity contribution >= 4 is 10.0 Å². The summed E-state index contributed by atoms with van der Waals surface area (Å²) in [6, 6.07) is 8.44. The lowest BCUT2D eigenvalue weighted by atomic mass is 10.0. The highest BCUT2D eigenvalue weighted by molar-refractivity contribution is 7.89. The highest BCUT2D eigenvalue weighted by Gasteiger charge is 2.21. The van der Waals surface area contributed by atoms with E-state index in [0.717, 1.165) is 5.56 Å². The molecule has 106 valence electrons. The number of H-pyrrole nitrogens is 1. The standard InChI is InChI=1S/C13H11N5O2S/c14-21(19,20)11-5-1-4-10(9-3-2-6-15-7-9)12(11)13-16-8-17-18-13/h1-8H,(H2,14,19,20)(H,16,17,18). The summed E-state index contributed by atoms with van der Waals surface area (Å²) in [6.45, 7) is 0. The third-order valence-electron chi connectivity index (χ3n) is 2.96. The summed E-state index contributed by atoms with van der Waals surface area (Å²) in [5.74, 6) is 0.332. The number of sulfonamides is 1. The quantitative estimate of drug-likeness (QED) is 0.753. The van der Waals surface area contributed by atoms with E-state index < -0.39 is 10.0 Å². The van der Waals surface area contributed by atoms with Crippen LogP contribution in [0.5, 0.6) is 0 Å². The second-order valence-corrected chi connectivity index (χ2v) is 5.83. The monoisotopic (exact) mass is 301 g/mol. The summed E-state index contributed by atoms with van der Waals surface area (Å²) >= 11 is 0. The molecule has 0 atom stereocenters. The predicted molar refractivity (Wildman–Crippen MR) is 76.4 cm³/mol. The molecule has 1 aromatic carbocycles. The van der Waals surface area contributed by atoms with Crippen molar-refractivity contribution in [1.82, 2.24) is 20.2 Å². The number of nitrogens with zero attached hydrogens (tertiary/aromatic N) is 3. The van der Waals surface area contributed by atoms with Gasteiger partial charge in [0.05, 0.1) is 4.90 Å². The topological polar surface area (TPSA) is 115 Å². The van der Waals surface area contributed by atoms with E-state index in [1.54, 1.807) is 30.6 Å². The van der Waals surface area contributed by atoms with Gasteiger partial charge in [0.15, 0.2) is 5.82 Å². The fourth-order valence-corrected chi connectivity index (χ4v) is 2.86. The Morgan fingerprint density at radius 1 is 1.14 bits per heavy atom. The van der Waals surface area contributed by atoms with Crippen LogP contribution in [0.4, 0.5) is 0 Å². The molecule has 3 rings (SSSR count). The minimum Gasteiger partial charge on any atom is -0.264 e. The lowest BCUT2D eigenvalue weighted by molar-refractivity contribution is 0.598. The highest BCUT2D eigenvalue weighted by atomic mass is 32.2. The molecule has 3 N–H and O–H groups in total. The van der Waals surface area contributed by atoms with Crippen LogP contribution in [0, 0.1) is 0 Å². The molecule has 0 fully saturated rings. The average Bonchev–Trinajstić information content (AvgIpc) is 3.00. The van der Waals surface area contributed by atoms with Crippen molar-refractivity contribution in [2.24, 2.45) is 5.14 Å². The van der Waals surface area contributed by atoms with E-state index in [1.807, 2.05) is 6.07 Å². The number of benzene rings is 1. The third kappa shape index (κ3) is 2.54. The Labute approximate surface area is 120 Å². The first kappa shape index (κ1) is 13.4. The zero-order chi connectivity index (χ0) is 14.9. The predicted octanol–water partition coefficient (Wildman–Crippen LogP) is 1.18. The molecule has 21 heavy (non-hydrogen) atoms. The van der Waals surface area contributed by atoms with E-state index in [9.17, 15) is 8.42 Å². The maximum absolute atomic E-state index is 11.8. The van der Waals surface area contributed by atoms with Crippen LogP contribution in [0.25, 0.3) is 22.5 Å². The van der Waals surface area contributed by atoms with Gasteiger partial charge in [0, 0.05) is 23.5 Å². The molecule has 0 aliphatic carbocycles. The van der Waals surface area contributed by atoms with Gasteiger partial charge in [-0.3, -0.25) is 10.1 Å². The fraction of sp³-hybridized carbons (Fsp3) is 0. The molecule has 0 bridgehead atoms. The largest absolute Gasteiger partial charge is 0.264 e. The number of aromatic amines is 1. The van der Waals surface area contributed by atoms with Gasteiger partial charge < -0.3 is 0 Å². The number of primary sulfonamides is 1. The zero-order valence-corrected chi connectivity index (χ0v) is 11.6. The number of nitrogens with one attached hydrogen (secondary N) is 1. The molecule has 0 aliphatic rings. The van der Waals surface area contributed by atoms with Crippen molar-refractivity contribution in [3.63, 3.8) is 0 Å². The Hall–Kier alpha value is -2.58. The number of hydrogen-bond acceptors (Lipinski definition) is 5. The smallest absolute Gasteiger partial charge is 0.238 e. The Bertz CT molecular complexity index is 861. The summed E-state index contributed by atoms with van der Waals surface area (Å²) in [7, 11) is -3.90. The van der Waals surface area contributed by atoms with Crippen molar-refractivity contribution in [2.75, 3.05) is 0 Å². The SMILES string of the molecule is NS(=O)(=O)c1cccc(-c2cccnc2)c1-c1ncn[nH]1. The first-order valence-electron chi connectivity index (χ1n) is 5.99. The van der Waals surface area contributed by atoms with Gasteiger partial charge in [0.2, 0.25) is 10.0 Å². The molecule has 3 aromatic rings. The highest BCUT2D eigenvalue weighted by Crippen LogP contribution is 2.34. The van der Waals surface area contributed by atoms with Crippen LogP contribution in [0.3, 0.4) is 0 Å². The van der Waals surface area contributed by atoms with Gasteiger partial charge in [-0.2, -0.15) is 5.10 Å². The molecular weight excluding hydrogens is 290 g/mol. The molecule has 0 saturated carbocycles. The van der Waals surface area contributed by atoms with Gasteiger partial charge >= 0.3 is 0 Å². The van der Waals surface area contributed by atoms with Crippen molar-refractivity contribution in [1.29, 1.82) is 0 Å². The van der Waals surface area contributed by atoms with Crippen LogP contribution in [-0.2, 0) is 10.0 Å². The van der Waals surface area contributed by atoms with E-state index in [4.69, 9.17) is 5.14 Å². The normalized spacial score (nSPS) is 11.5. The van der Waals surface area contributed by atoms with E-state index in [0.29, 0.717) is 17.0 Å². The van der Waals surface area contributed by atoms with Crippen molar-refractivity contribution in [2.45, 2.75) is 4.90 Å². The van der Waals surface area contributed by atoms with E-state index in [1.165, 1.54) is 12.4 Å². The third-order valence-corrected chi connectivity index (χ3v) is 3.91. The number of rotatable bonds is 3. The maximum Gasteiger partial charge on any atom is 0.238 e. The summed E-state index contributed by atoms with van der Waals surface area (Å²) in [5.41, 5.74) is 1.80. The van der Waals surface area contributed by atoms with Crippen LogP contribution in [-0.4, -0.2) is 28.6 Å². The van der Waals surface area contributed by atoms with E-state index >= 15 is 0 Å². The molecule has 0 amide bonds. The number of pyridine rings is 1. The van der Waals surface area contributed by atoms with Gasteiger partial charge in [-0.1, -0.05) is 18.2 Å². The van der Waals surface area contributed by atoms with Crippen molar-refractivity contribution < 1.29 is 8.42 Å². The first-order valence-corrected chi connectivity index (χ1v) is 7.54. The Morgan fingerprint density at radius 2 is 2.00 bits per heavy atom. The minimum atomic E-state index is -3.90. The molecule has 0 radical (unpaired) electrons. The number of aromatic nitrogens is 4. The van der Waals surface area contributed by atoms with Crippen LogP contribution < -0.4 is 5.14 Å². The Balaban J connectivity index is 2.36. The molecule has 0 spiro atoms. The van der Waals surface area contributed by atoms with Gasteiger partial charge in [-0.15, -0.1) is 0 Å². The van der Waals surface area contributed by atoms with Crippen LogP contribution in [0.15, 0.2) is 53.9 Å². The lowest BCUT2D eigenvalue weighted by Gasteiger charge is -2.11. The molecule has 2 aromatic heterocycles. The Kier molecular flexibility index (Phi) is 3.24. The lowest BCUT2D eigenvalue weighted by Crippen LogP contribution is -2.14. The van der Waals surface area contributed by atoms with Crippen LogP contribution in [0.1, 0.15) is 0 Å². The van der Waals surface area contributed by atoms with Crippen LogP contribution in [0.2, 0.25) is 0 Å². The molecule has 0 unspecified atom stereocenters. The summed E-state index contributed by atoms with van der Waals surface area (Å²) < 4.78 is 23.7. The summed E-state index contributed by atoms with van der Waals surface area (Å²) in [6.07, 6.45) is 4.59. The molecule has 0 aliphatic heterocycles. The molecule has 2 heterocycles.